The molecule has 0 amide bonds. The van der Waals surface area contributed by atoms with E-state index in [9.17, 15) is 10.1 Å². The number of furan rings is 1. The van der Waals surface area contributed by atoms with Crippen molar-refractivity contribution in [3.05, 3.63) is 69.7 Å². The zero-order valence-electron chi connectivity index (χ0n) is 13.0. The second-order valence-corrected chi connectivity index (χ2v) is 6.14. The summed E-state index contributed by atoms with van der Waals surface area (Å²) in [6.45, 7) is 0. The SMILES string of the molecule is O=[N+]([O-])c1cccc([C@@H]2NN=C3/C(=C/c4ccco4)CCC[C@H]32)c1. The van der Waals surface area contributed by atoms with Gasteiger partial charge in [-0.1, -0.05) is 12.1 Å². The van der Waals surface area contributed by atoms with Crippen LogP contribution in [0.2, 0.25) is 0 Å². The maximum absolute atomic E-state index is 11.0. The number of hydrogen-bond donors (Lipinski definition) is 1. The first-order chi connectivity index (χ1) is 11.7. The van der Waals surface area contributed by atoms with Crippen molar-refractivity contribution in [3.63, 3.8) is 0 Å². The van der Waals surface area contributed by atoms with Crippen LogP contribution in [0.15, 0.2) is 57.8 Å². The normalized spacial score (nSPS) is 24.3. The molecule has 2 heterocycles. The molecule has 1 aliphatic heterocycles. The summed E-state index contributed by atoms with van der Waals surface area (Å²) in [7, 11) is 0. The van der Waals surface area contributed by atoms with Gasteiger partial charge in [0.1, 0.15) is 5.76 Å². The lowest BCUT2D eigenvalue weighted by atomic mass is 9.78. The van der Waals surface area contributed by atoms with Crippen molar-refractivity contribution in [2.75, 3.05) is 0 Å². The lowest BCUT2D eigenvalue weighted by Crippen LogP contribution is -2.25. The van der Waals surface area contributed by atoms with Gasteiger partial charge in [0.15, 0.2) is 0 Å². The molecule has 1 saturated carbocycles. The Kier molecular flexibility index (Phi) is 3.65. The number of hydrogen-bond acceptors (Lipinski definition) is 5. The average Bonchev–Trinajstić information content (AvgIpc) is 3.25. The zero-order valence-corrected chi connectivity index (χ0v) is 13.0. The second-order valence-electron chi connectivity index (χ2n) is 6.14. The van der Waals surface area contributed by atoms with E-state index in [0.717, 1.165) is 36.3 Å². The van der Waals surface area contributed by atoms with Crippen LogP contribution < -0.4 is 5.43 Å². The number of non-ortho nitro benzene ring substituents is 1. The van der Waals surface area contributed by atoms with Crippen LogP contribution in [0.1, 0.15) is 36.6 Å². The van der Waals surface area contributed by atoms with Crippen LogP contribution in [0.3, 0.4) is 0 Å². The Morgan fingerprint density at radius 3 is 3.04 bits per heavy atom. The first-order valence-electron chi connectivity index (χ1n) is 8.04. The van der Waals surface area contributed by atoms with Gasteiger partial charge in [-0.15, -0.1) is 0 Å². The van der Waals surface area contributed by atoms with Gasteiger partial charge in [-0.05, 0) is 48.6 Å². The van der Waals surface area contributed by atoms with Crippen molar-refractivity contribution < 1.29 is 9.34 Å². The number of fused-ring (bicyclic) bond motifs is 1. The van der Waals surface area contributed by atoms with E-state index in [-0.39, 0.29) is 22.6 Å². The van der Waals surface area contributed by atoms with E-state index in [1.165, 1.54) is 11.6 Å². The quantitative estimate of drug-likeness (QED) is 0.682. The number of benzene rings is 1. The third-order valence-corrected chi connectivity index (χ3v) is 4.67. The van der Waals surface area contributed by atoms with Crippen molar-refractivity contribution in [1.82, 2.24) is 5.43 Å². The highest BCUT2D eigenvalue weighted by molar-refractivity contribution is 6.06. The van der Waals surface area contributed by atoms with Crippen molar-refractivity contribution in [3.8, 4) is 0 Å². The van der Waals surface area contributed by atoms with E-state index in [1.54, 1.807) is 18.4 Å². The second kappa shape index (κ2) is 5.96. The van der Waals surface area contributed by atoms with E-state index < -0.39 is 0 Å². The van der Waals surface area contributed by atoms with Crippen molar-refractivity contribution in [1.29, 1.82) is 0 Å². The molecule has 1 aromatic carbocycles. The molecule has 0 radical (unpaired) electrons. The van der Waals surface area contributed by atoms with Crippen molar-refractivity contribution in [2.45, 2.75) is 25.3 Å². The van der Waals surface area contributed by atoms with E-state index in [4.69, 9.17) is 4.42 Å². The molecule has 2 aliphatic rings. The maximum Gasteiger partial charge on any atom is 0.269 e. The summed E-state index contributed by atoms with van der Waals surface area (Å²) in [5, 5.41) is 15.6. The molecule has 1 aromatic heterocycles. The topological polar surface area (TPSA) is 80.7 Å². The third kappa shape index (κ3) is 2.60. The minimum absolute atomic E-state index is 0.0137. The van der Waals surface area contributed by atoms with Crippen LogP contribution in [0, 0.1) is 16.0 Å². The predicted molar refractivity (Wildman–Crippen MR) is 90.4 cm³/mol. The van der Waals surface area contributed by atoms with Crippen molar-refractivity contribution >= 4 is 17.5 Å². The fourth-order valence-electron chi connectivity index (χ4n) is 3.55. The Morgan fingerprint density at radius 2 is 2.25 bits per heavy atom. The lowest BCUT2D eigenvalue weighted by molar-refractivity contribution is -0.384. The first kappa shape index (κ1) is 14.7. The van der Waals surface area contributed by atoms with Crippen LogP contribution in [0.4, 0.5) is 5.69 Å². The summed E-state index contributed by atoms with van der Waals surface area (Å²) in [5.74, 6) is 1.06. The van der Waals surface area contributed by atoms with E-state index in [2.05, 4.69) is 10.5 Å². The molecular weight excluding hydrogens is 306 g/mol. The van der Waals surface area contributed by atoms with Gasteiger partial charge < -0.3 is 9.84 Å². The fraction of sp³-hybridized carbons (Fsp3) is 0.278. The van der Waals surface area contributed by atoms with Gasteiger partial charge in [0, 0.05) is 18.1 Å². The smallest absolute Gasteiger partial charge is 0.269 e. The minimum atomic E-state index is -0.358. The van der Waals surface area contributed by atoms with E-state index >= 15 is 0 Å². The molecule has 24 heavy (non-hydrogen) atoms. The Morgan fingerprint density at radius 1 is 1.33 bits per heavy atom. The molecule has 0 spiro atoms. The van der Waals surface area contributed by atoms with E-state index in [1.807, 2.05) is 24.3 Å². The molecule has 6 nitrogen and oxygen atoms in total. The predicted octanol–water partition coefficient (Wildman–Crippen LogP) is 4.07. The molecule has 1 fully saturated rings. The summed E-state index contributed by atoms with van der Waals surface area (Å²) >= 11 is 0. The van der Waals surface area contributed by atoms with Crippen LogP contribution in [-0.2, 0) is 0 Å². The summed E-state index contributed by atoms with van der Waals surface area (Å²) in [6.07, 6.45) is 6.77. The van der Waals surface area contributed by atoms with Gasteiger partial charge in [-0.25, -0.2) is 0 Å². The maximum atomic E-state index is 11.0. The number of nitrogens with one attached hydrogen (secondary N) is 1. The highest BCUT2D eigenvalue weighted by Crippen LogP contribution is 2.39. The number of nitro benzene ring substituents is 1. The minimum Gasteiger partial charge on any atom is -0.465 e. The van der Waals surface area contributed by atoms with Gasteiger partial charge in [0.25, 0.3) is 5.69 Å². The molecule has 2 atom stereocenters. The number of nitrogens with zero attached hydrogens (tertiary/aromatic N) is 2. The standard InChI is InChI=1S/C18H17N3O3/c22-21(23)14-6-1-4-12(10-14)17-16-8-2-5-13(18(16)20-19-17)11-15-7-3-9-24-15/h1,3-4,6-7,9-11,16-17,19H,2,5,8H2/b13-11+/t16-,17-/m0/s1. The Balaban J connectivity index is 1.62. The van der Waals surface area contributed by atoms with Gasteiger partial charge >= 0.3 is 0 Å². The molecule has 1 aliphatic carbocycles. The zero-order chi connectivity index (χ0) is 16.5. The number of nitro groups is 1. The molecule has 2 aromatic rings. The number of rotatable bonds is 3. The van der Waals surface area contributed by atoms with Crippen LogP contribution >= 0.6 is 0 Å². The monoisotopic (exact) mass is 323 g/mol. The highest BCUT2D eigenvalue weighted by Gasteiger charge is 2.37. The van der Waals surface area contributed by atoms with Gasteiger partial charge in [0.05, 0.1) is 22.9 Å². The third-order valence-electron chi connectivity index (χ3n) is 4.67. The lowest BCUT2D eigenvalue weighted by Gasteiger charge is -2.26. The first-order valence-corrected chi connectivity index (χ1v) is 8.04. The molecule has 0 unspecified atom stereocenters. The summed E-state index contributed by atoms with van der Waals surface area (Å²) in [5.41, 5.74) is 6.44. The molecule has 122 valence electrons. The Bertz CT molecular complexity index is 824. The van der Waals surface area contributed by atoms with Crippen LogP contribution in [0.5, 0.6) is 0 Å². The van der Waals surface area contributed by atoms with Crippen molar-refractivity contribution in [2.24, 2.45) is 11.0 Å². The highest BCUT2D eigenvalue weighted by atomic mass is 16.6. The Hall–Kier alpha value is -2.89. The largest absolute Gasteiger partial charge is 0.465 e. The summed E-state index contributed by atoms with van der Waals surface area (Å²) in [4.78, 5) is 10.7. The number of hydrazone groups is 1. The molecular formula is C18H17N3O3. The van der Waals surface area contributed by atoms with Gasteiger partial charge in [0.2, 0.25) is 0 Å². The Labute approximate surface area is 139 Å². The van der Waals surface area contributed by atoms with Crippen LogP contribution in [-0.4, -0.2) is 10.6 Å². The molecule has 4 rings (SSSR count). The van der Waals surface area contributed by atoms with Gasteiger partial charge in [-0.2, -0.15) is 5.10 Å². The molecule has 0 bridgehead atoms. The fourth-order valence-corrected chi connectivity index (χ4v) is 3.55. The van der Waals surface area contributed by atoms with Gasteiger partial charge in [-0.3, -0.25) is 10.1 Å². The molecule has 1 N–H and O–H groups in total. The molecule has 6 heteroatoms. The van der Waals surface area contributed by atoms with Crippen LogP contribution in [0.25, 0.3) is 6.08 Å². The van der Waals surface area contributed by atoms with E-state index in [0.29, 0.717) is 0 Å². The summed E-state index contributed by atoms with van der Waals surface area (Å²) < 4.78 is 5.41. The average molecular weight is 323 g/mol. The number of allylic oxidation sites excluding steroid dienone is 1. The molecule has 0 saturated heterocycles. The summed E-state index contributed by atoms with van der Waals surface area (Å²) in [6, 6.07) is 10.6.